The number of H-pyrrole nitrogens is 1. The smallest absolute Gasteiger partial charge is 0.238 e. The van der Waals surface area contributed by atoms with E-state index in [4.69, 9.17) is 18.9 Å². The molecular formula is C27H34N2O8. The SMILES string of the molecule is COc1cccc(COc2ccccc2Cc2c(OC3O[C@H](CO)[C@@H](O)[C@H](O)[C@H]3O)n[nH]c2C(C)C)c1. The molecule has 1 saturated heterocycles. The summed E-state index contributed by atoms with van der Waals surface area (Å²) >= 11 is 0. The molecule has 0 aliphatic carbocycles. The number of aromatic amines is 1. The molecule has 5 N–H and O–H groups in total. The number of ether oxygens (including phenoxy) is 4. The highest BCUT2D eigenvalue weighted by Gasteiger charge is 2.45. The van der Waals surface area contributed by atoms with Gasteiger partial charge in [-0.05, 0) is 35.2 Å². The van der Waals surface area contributed by atoms with Crippen LogP contribution in [0.25, 0.3) is 0 Å². The Labute approximate surface area is 215 Å². The van der Waals surface area contributed by atoms with Crippen molar-refractivity contribution < 1.29 is 39.4 Å². The minimum Gasteiger partial charge on any atom is -0.497 e. The molecular weight excluding hydrogens is 480 g/mol. The third-order valence-electron chi connectivity index (χ3n) is 6.38. The summed E-state index contributed by atoms with van der Waals surface area (Å²) in [5.74, 6) is 1.72. The van der Waals surface area contributed by atoms with Crippen LogP contribution in [0.1, 0.15) is 42.1 Å². The second-order valence-corrected chi connectivity index (χ2v) is 9.32. The third-order valence-corrected chi connectivity index (χ3v) is 6.38. The van der Waals surface area contributed by atoms with Crippen molar-refractivity contribution in [2.45, 2.75) is 63.5 Å². The van der Waals surface area contributed by atoms with Gasteiger partial charge in [0.2, 0.25) is 12.2 Å². The molecule has 0 saturated carbocycles. The fourth-order valence-corrected chi connectivity index (χ4v) is 4.29. The number of hydrogen-bond acceptors (Lipinski definition) is 9. The second-order valence-electron chi connectivity index (χ2n) is 9.32. The molecule has 37 heavy (non-hydrogen) atoms. The molecule has 0 amide bonds. The van der Waals surface area contributed by atoms with Gasteiger partial charge in [0, 0.05) is 17.7 Å². The first kappa shape index (κ1) is 26.9. The maximum absolute atomic E-state index is 10.4. The van der Waals surface area contributed by atoms with Crippen LogP contribution in [0.2, 0.25) is 0 Å². The fraction of sp³-hybridized carbons (Fsp3) is 0.444. The number of benzene rings is 2. The summed E-state index contributed by atoms with van der Waals surface area (Å²) in [5, 5.41) is 47.4. The van der Waals surface area contributed by atoms with Crippen molar-refractivity contribution in [2.75, 3.05) is 13.7 Å². The van der Waals surface area contributed by atoms with Crippen LogP contribution in [0.15, 0.2) is 48.5 Å². The summed E-state index contributed by atoms with van der Waals surface area (Å²) in [7, 11) is 1.62. The van der Waals surface area contributed by atoms with Crippen molar-refractivity contribution in [2.24, 2.45) is 0 Å². The molecule has 0 spiro atoms. The van der Waals surface area contributed by atoms with Gasteiger partial charge in [-0.3, -0.25) is 5.10 Å². The molecule has 10 heteroatoms. The van der Waals surface area contributed by atoms with Gasteiger partial charge in [-0.25, -0.2) is 0 Å². The van der Waals surface area contributed by atoms with Gasteiger partial charge in [0.05, 0.1) is 13.7 Å². The number of nitrogens with one attached hydrogen (secondary N) is 1. The summed E-state index contributed by atoms with van der Waals surface area (Å²) in [6.07, 6.45) is -6.57. The van der Waals surface area contributed by atoms with Crippen molar-refractivity contribution in [1.82, 2.24) is 10.2 Å². The Balaban J connectivity index is 1.57. The molecule has 3 aromatic rings. The number of hydrogen-bond donors (Lipinski definition) is 5. The van der Waals surface area contributed by atoms with Crippen LogP contribution < -0.4 is 14.2 Å². The van der Waals surface area contributed by atoms with Crippen LogP contribution in [0.5, 0.6) is 17.4 Å². The summed E-state index contributed by atoms with van der Waals surface area (Å²) in [6, 6.07) is 15.3. The van der Waals surface area contributed by atoms with E-state index in [1.54, 1.807) is 7.11 Å². The Bertz CT molecular complexity index is 1160. The zero-order valence-electron chi connectivity index (χ0n) is 21.1. The number of aromatic nitrogens is 2. The van der Waals surface area contributed by atoms with Crippen LogP contribution >= 0.6 is 0 Å². The molecule has 1 aliphatic rings. The third kappa shape index (κ3) is 6.06. The topological polar surface area (TPSA) is 147 Å². The molecule has 1 fully saturated rings. The van der Waals surface area contributed by atoms with Gasteiger partial charge in [-0.1, -0.05) is 44.2 Å². The van der Waals surface area contributed by atoms with Crippen LogP contribution in [-0.4, -0.2) is 75.0 Å². The van der Waals surface area contributed by atoms with Gasteiger partial charge in [0.25, 0.3) is 0 Å². The van der Waals surface area contributed by atoms with Crippen LogP contribution in [0.3, 0.4) is 0 Å². The Morgan fingerprint density at radius 3 is 2.54 bits per heavy atom. The molecule has 200 valence electrons. The van der Waals surface area contributed by atoms with Crippen LogP contribution in [0.4, 0.5) is 0 Å². The molecule has 10 nitrogen and oxygen atoms in total. The molecule has 2 aromatic carbocycles. The lowest BCUT2D eigenvalue weighted by molar-refractivity contribution is -0.278. The minimum absolute atomic E-state index is 0.0829. The Hall–Kier alpha value is -3.15. The number of aliphatic hydroxyl groups excluding tert-OH is 4. The van der Waals surface area contributed by atoms with Crippen LogP contribution in [-0.2, 0) is 17.8 Å². The van der Waals surface area contributed by atoms with Crippen molar-refractivity contribution in [3.63, 3.8) is 0 Å². The first-order valence-electron chi connectivity index (χ1n) is 12.2. The predicted molar refractivity (Wildman–Crippen MR) is 134 cm³/mol. The lowest BCUT2D eigenvalue weighted by Gasteiger charge is -2.39. The monoisotopic (exact) mass is 514 g/mol. The molecule has 1 aromatic heterocycles. The summed E-state index contributed by atoms with van der Waals surface area (Å²) in [4.78, 5) is 0. The number of rotatable bonds is 10. The molecule has 0 bridgehead atoms. The van der Waals surface area contributed by atoms with Gasteiger partial charge in [0.1, 0.15) is 42.5 Å². The second kappa shape index (κ2) is 11.9. The van der Waals surface area contributed by atoms with E-state index >= 15 is 0 Å². The lowest BCUT2D eigenvalue weighted by atomic mass is 9.98. The van der Waals surface area contributed by atoms with Crippen molar-refractivity contribution in [3.05, 3.63) is 70.9 Å². The summed E-state index contributed by atoms with van der Waals surface area (Å²) < 4.78 is 22.9. The maximum atomic E-state index is 10.4. The van der Waals surface area contributed by atoms with Crippen molar-refractivity contribution in [1.29, 1.82) is 0 Å². The molecule has 1 unspecified atom stereocenters. The van der Waals surface area contributed by atoms with Crippen LogP contribution in [0, 0.1) is 0 Å². The first-order chi connectivity index (χ1) is 17.8. The molecule has 4 rings (SSSR count). The van der Waals surface area contributed by atoms with E-state index in [1.165, 1.54) is 0 Å². The molecule has 0 radical (unpaired) electrons. The summed E-state index contributed by atoms with van der Waals surface area (Å²) in [5.41, 5.74) is 3.44. The number of methoxy groups -OCH3 is 1. The van der Waals surface area contributed by atoms with Gasteiger partial charge < -0.3 is 39.4 Å². The minimum atomic E-state index is -1.55. The normalized spacial score (nSPS) is 23.7. The first-order valence-corrected chi connectivity index (χ1v) is 12.2. The molecule has 5 atom stereocenters. The van der Waals surface area contributed by atoms with Crippen molar-refractivity contribution >= 4 is 0 Å². The van der Waals surface area contributed by atoms with Gasteiger partial charge in [-0.2, -0.15) is 0 Å². The highest BCUT2D eigenvalue weighted by atomic mass is 16.7. The zero-order chi connectivity index (χ0) is 26.5. The maximum Gasteiger partial charge on any atom is 0.238 e. The molecule has 1 aliphatic heterocycles. The predicted octanol–water partition coefficient (Wildman–Crippen LogP) is 1.89. The number of para-hydroxylation sites is 1. The average molecular weight is 515 g/mol. The largest absolute Gasteiger partial charge is 0.497 e. The van der Waals surface area contributed by atoms with E-state index in [9.17, 15) is 20.4 Å². The highest BCUT2D eigenvalue weighted by molar-refractivity contribution is 5.43. The van der Waals surface area contributed by atoms with Gasteiger partial charge in [-0.15, -0.1) is 5.10 Å². The van der Waals surface area contributed by atoms with E-state index in [1.807, 2.05) is 62.4 Å². The zero-order valence-corrected chi connectivity index (χ0v) is 21.1. The van der Waals surface area contributed by atoms with E-state index in [-0.39, 0.29) is 11.8 Å². The Morgan fingerprint density at radius 1 is 1.03 bits per heavy atom. The number of nitrogens with zero attached hydrogens (tertiary/aromatic N) is 1. The van der Waals surface area contributed by atoms with Gasteiger partial charge in [0.15, 0.2) is 0 Å². The number of aliphatic hydroxyl groups is 4. The molecule has 2 heterocycles. The van der Waals surface area contributed by atoms with E-state index < -0.39 is 37.3 Å². The van der Waals surface area contributed by atoms with E-state index in [2.05, 4.69) is 10.2 Å². The highest BCUT2D eigenvalue weighted by Crippen LogP contribution is 2.33. The Kier molecular flexibility index (Phi) is 8.67. The van der Waals surface area contributed by atoms with E-state index in [0.717, 1.165) is 28.1 Å². The lowest BCUT2D eigenvalue weighted by Crippen LogP contribution is -2.60. The van der Waals surface area contributed by atoms with Gasteiger partial charge >= 0.3 is 0 Å². The fourth-order valence-electron chi connectivity index (χ4n) is 4.29. The Morgan fingerprint density at radius 2 is 1.81 bits per heavy atom. The van der Waals surface area contributed by atoms with Crippen molar-refractivity contribution in [3.8, 4) is 17.4 Å². The quantitative estimate of drug-likeness (QED) is 0.274. The standard InChI is InChI=1S/C27H34N2O8/c1-15(2)22-19(26(29-28-22)37-27-25(33)24(32)23(31)21(13-30)36-27)12-17-8-4-5-10-20(17)35-14-16-7-6-9-18(11-16)34-3/h4-11,15,21,23-25,27,30-33H,12-14H2,1-3H3,(H,28,29)/t21-,23-,24+,25-,27?/m1/s1. The van der Waals surface area contributed by atoms with E-state index in [0.29, 0.717) is 18.8 Å². The summed E-state index contributed by atoms with van der Waals surface area (Å²) in [6.45, 7) is 3.83. The average Bonchev–Trinajstić information content (AvgIpc) is 3.30.